The molecule has 0 bridgehead atoms. The van der Waals surface area contributed by atoms with Gasteiger partial charge in [0.1, 0.15) is 15.9 Å². The third-order valence-corrected chi connectivity index (χ3v) is 6.66. The number of benzene rings is 2. The molecule has 0 spiro atoms. The molecule has 2 aromatic carbocycles. The largest absolute Gasteiger partial charge is 0.452 e. The number of anilines is 1. The van der Waals surface area contributed by atoms with Crippen LogP contribution in [0.5, 0.6) is 0 Å². The molecule has 0 atom stereocenters. The van der Waals surface area contributed by atoms with E-state index in [2.05, 4.69) is 14.1 Å². The van der Waals surface area contributed by atoms with E-state index in [4.69, 9.17) is 16.3 Å². The zero-order valence-electron chi connectivity index (χ0n) is 15.2. The molecule has 0 aliphatic carbocycles. The molecule has 9 nitrogen and oxygen atoms in total. The predicted octanol–water partition coefficient (Wildman–Crippen LogP) is 2.39. The number of hydrogen-bond acceptors (Lipinski definition) is 8. The van der Waals surface area contributed by atoms with E-state index in [0.717, 1.165) is 22.1 Å². The van der Waals surface area contributed by atoms with Gasteiger partial charge in [0.05, 0.1) is 28.0 Å². The van der Waals surface area contributed by atoms with Crippen LogP contribution in [0.25, 0.3) is 11.0 Å². The van der Waals surface area contributed by atoms with Gasteiger partial charge in [0, 0.05) is 14.1 Å². The fraction of sp³-hybridized carbons (Fsp3) is 0.176. The summed E-state index contributed by atoms with van der Waals surface area (Å²) in [7, 11) is -1.16. The standard InChI is InChI=1S/C17H15ClN4O5S2/c1-22(2)29(25,26)14-8-10(6-7-11(14)18)17(24)27-9-15(23)19-12-4-3-5-13-16(12)21-28-20-13/h3-8H,9H2,1-2H3,(H,19,23). The highest BCUT2D eigenvalue weighted by Gasteiger charge is 2.23. The molecule has 0 radical (unpaired) electrons. The highest BCUT2D eigenvalue weighted by Crippen LogP contribution is 2.25. The number of amides is 1. The van der Waals surface area contributed by atoms with E-state index in [9.17, 15) is 18.0 Å². The Morgan fingerprint density at radius 2 is 1.97 bits per heavy atom. The molecule has 1 amide bonds. The summed E-state index contributed by atoms with van der Waals surface area (Å²) in [5.41, 5.74) is 1.57. The number of fused-ring (bicyclic) bond motifs is 1. The summed E-state index contributed by atoms with van der Waals surface area (Å²) in [6, 6.07) is 8.84. The fourth-order valence-electron chi connectivity index (χ4n) is 2.33. The summed E-state index contributed by atoms with van der Waals surface area (Å²) in [4.78, 5) is 24.2. The van der Waals surface area contributed by atoms with Gasteiger partial charge in [0.25, 0.3) is 5.91 Å². The summed E-state index contributed by atoms with van der Waals surface area (Å²) in [6.45, 7) is -0.564. The topological polar surface area (TPSA) is 119 Å². The van der Waals surface area contributed by atoms with Crippen LogP contribution in [0.2, 0.25) is 5.02 Å². The number of nitrogens with one attached hydrogen (secondary N) is 1. The van der Waals surface area contributed by atoms with Gasteiger partial charge in [-0.15, -0.1) is 0 Å². The number of rotatable bonds is 6. The molecule has 12 heteroatoms. The number of sulfonamides is 1. The monoisotopic (exact) mass is 454 g/mol. The van der Waals surface area contributed by atoms with E-state index in [1.807, 2.05) is 0 Å². The van der Waals surface area contributed by atoms with Crippen LogP contribution in [0.3, 0.4) is 0 Å². The van der Waals surface area contributed by atoms with Crippen molar-refractivity contribution in [3.8, 4) is 0 Å². The Morgan fingerprint density at radius 1 is 1.21 bits per heavy atom. The highest BCUT2D eigenvalue weighted by molar-refractivity contribution is 7.89. The molecule has 0 aliphatic heterocycles. The maximum absolute atomic E-state index is 12.3. The zero-order chi connectivity index (χ0) is 21.2. The van der Waals surface area contributed by atoms with Crippen molar-refractivity contribution in [2.45, 2.75) is 4.90 Å². The molecular weight excluding hydrogens is 440 g/mol. The first-order valence-electron chi connectivity index (χ1n) is 8.10. The lowest BCUT2D eigenvalue weighted by molar-refractivity contribution is -0.119. The first kappa shape index (κ1) is 21.1. The minimum absolute atomic E-state index is 0.0297. The second-order valence-electron chi connectivity index (χ2n) is 5.99. The number of nitrogens with zero attached hydrogens (tertiary/aromatic N) is 3. The lowest BCUT2D eigenvalue weighted by Crippen LogP contribution is -2.23. The summed E-state index contributed by atoms with van der Waals surface area (Å²) in [5.74, 6) is -1.44. The number of esters is 1. The van der Waals surface area contributed by atoms with Crippen LogP contribution in [0.4, 0.5) is 5.69 Å². The van der Waals surface area contributed by atoms with Crippen molar-refractivity contribution in [2.24, 2.45) is 0 Å². The smallest absolute Gasteiger partial charge is 0.338 e. The van der Waals surface area contributed by atoms with Crippen LogP contribution >= 0.6 is 23.3 Å². The van der Waals surface area contributed by atoms with E-state index < -0.39 is 28.5 Å². The molecule has 0 saturated carbocycles. The van der Waals surface area contributed by atoms with Crippen molar-refractivity contribution in [1.29, 1.82) is 0 Å². The highest BCUT2D eigenvalue weighted by atomic mass is 35.5. The Labute approximate surface area is 175 Å². The van der Waals surface area contributed by atoms with Crippen LogP contribution in [-0.4, -0.2) is 54.0 Å². The van der Waals surface area contributed by atoms with Crippen molar-refractivity contribution >= 4 is 61.9 Å². The number of halogens is 1. The molecule has 1 N–H and O–H groups in total. The van der Waals surface area contributed by atoms with E-state index in [0.29, 0.717) is 16.7 Å². The second kappa shape index (κ2) is 8.41. The lowest BCUT2D eigenvalue weighted by atomic mass is 10.2. The Bertz CT molecular complexity index is 1190. The van der Waals surface area contributed by atoms with Gasteiger partial charge in [-0.05, 0) is 30.3 Å². The Hall–Kier alpha value is -2.60. The van der Waals surface area contributed by atoms with Crippen LogP contribution in [0.15, 0.2) is 41.3 Å². The van der Waals surface area contributed by atoms with Gasteiger partial charge >= 0.3 is 5.97 Å². The first-order chi connectivity index (χ1) is 13.7. The Balaban J connectivity index is 1.69. The average molecular weight is 455 g/mol. The van der Waals surface area contributed by atoms with Crippen molar-refractivity contribution < 1.29 is 22.7 Å². The van der Waals surface area contributed by atoms with Crippen molar-refractivity contribution in [3.05, 3.63) is 47.0 Å². The van der Waals surface area contributed by atoms with Crippen LogP contribution in [0, 0.1) is 0 Å². The number of carbonyl (C=O) groups excluding carboxylic acids is 2. The Kier molecular flexibility index (Phi) is 6.13. The van der Waals surface area contributed by atoms with Crippen LogP contribution in [0.1, 0.15) is 10.4 Å². The maximum atomic E-state index is 12.3. The molecule has 0 unspecified atom stereocenters. The van der Waals surface area contributed by atoms with Crippen molar-refractivity contribution in [3.63, 3.8) is 0 Å². The minimum atomic E-state index is -3.85. The number of carbonyl (C=O) groups is 2. The third-order valence-electron chi connectivity index (χ3n) is 3.82. The molecule has 3 aromatic rings. The van der Waals surface area contributed by atoms with Gasteiger partial charge < -0.3 is 10.1 Å². The average Bonchev–Trinajstić information content (AvgIpc) is 3.16. The SMILES string of the molecule is CN(C)S(=O)(=O)c1cc(C(=O)OCC(=O)Nc2cccc3nsnc23)ccc1Cl. The molecule has 0 saturated heterocycles. The molecule has 1 aromatic heterocycles. The van der Waals surface area contributed by atoms with Gasteiger partial charge in [-0.2, -0.15) is 8.75 Å². The number of ether oxygens (including phenoxy) is 1. The van der Waals surface area contributed by atoms with Crippen molar-refractivity contribution in [1.82, 2.24) is 13.1 Å². The lowest BCUT2D eigenvalue weighted by Gasteiger charge is -2.13. The normalized spacial score (nSPS) is 11.6. The van der Waals surface area contributed by atoms with Gasteiger partial charge in [-0.1, -0.05) is 17.7 Å². The minimum Gasteiger partial charge on any atom is -0.452 e. The Morgan fingerprint density at radius 3 is 2.69 bits per heavy atom. The van der Waals surface area contributed by atoms with Gasteiger partial charge in [-0.25, -0.2) is 17.5 Å². The number of hydrogen-bond donors (Lipinski definition) is 1. The molecule has 0 aliphatic rings. The van der Waals surface area contributed by atoms with Crippen LogP contribution < -0.4 is 5.32 Å². The summed E-state index contributed by atoms with van der Waals surface area (Å²) in [6.07, 6.45) is 0. The zero-order valence-corrected chi connectivity index (χ0v) is 17.6. The van der Waals surface area contributed by atoms with Crippen molar-refractivity contribution in [2.75, 3.05) is 26.0 Å². The molecule has 29 heavy (non-hydrogen) atoms. The molecule has 1 heterocycles. The van der Waals surface area contributed by atoms with Gasteiger partial charge in [0.2, 0.25) is 10.0 Å². The van der Waals surface area contributed by atoms with Gasteiger partial charge in [0.15, 0.2) is 6.61 Å². The quantitative estimate of drug-likeness (QED) is 0.568. The molecule has 0 fully saturated rings. The van der Waals surface area contributed by atoms with E-state index in [1.54, 1.807) is 18.2 Å². The van der Waals surface area contributed by atoms with Gasteiger partial charge in [-0.3, -0.25) is 4.79 Å². The molecule has 3 rings (SSSR count). The van der Waals surface area contributed by atoms with E-state index in [1.165, 1.54) is 26.2 Å². The summed E-state index contributed by atoms with van der Waals surface area (Å²) in [5, 5.41) is 2.57. The fourth-order valence-corrected chi connectivity index (χ4v) is 4.28. The summed E-state index contributed by atoms with van der Waals surface area (Å²) >= 11 is 6.97. The maximum Gasteiger partial charge on any atom is 0.338 e. The second-order valence-corrected chi connectivity index (χ2v) is 9.05. The summed E-state index contributed by atoms with van der Waals surface area (Å²) < 4.78 is 38.7. The van der Waals surface area contributed by atoms with E-state index in [-0.39, 0.29) is 15.5 Å². The van der Waals surface area contributed by atoms with E-state index >= 15 is 0 Å². The first-order valence-corrected chi connectivity index (χ1v) is 10.7. The molecular formula is C17H15ClN4O5S2. The predicted molar refractivity (Wildman–Crippen MR) is 109 cm³/mol. The third kappa shape index (κ3) is 4.53. The molecule has 152 valence electrons. The van der Waals surface area contributed by atoms with Crippen LogP contribution in [-0.2, 0) is 19.6 Å². The number of aromatic nitrogens is 2.